The van der Waals surface area contributed by atoms with Crippen LogP contribution in [0.25, 0.3) is 10.2 Å². The summed E-state index contributed by atoms with van der Waals surface area (Å²) in [4.78, 5) is 55.5. The van der Waals surface area contributed by atoms with Crippen LogP contribution in [0, 0.1) is 0 Å². The van der Waals surface area contributed by atoms with Gasteiger partial charge in [0, 0.05) is 11.1 Å². The highest BCUT2D eigenvalue weighted by molar-refractivity contribution is 8.77. The molecule has 3 aromatic rings. The van der Waals surface area contributed by atoms with Crippen molar-refractivity contribution in [1.29, 1.82) is 0 Å². The Morgan fingerprint density at radius 1 is 1.15 bits per heavy atom. The van der Waals surface area contributed by atoms with E-state index in [1.54, 1.807) is 30.3 Å². The molecule has 0 spiro atoms. The molecule has 0 bridgehead atoms. The zero-order valence-corrected chi connectivity index (χ0v) is 20.5. The van der Waals surface area contributed by atoms with Crippen LogP contribution in [0.15, 0.2) is 70.2 Å². The zero-order valence-electron chi connectivity index (χ0n) is 18.1. The Labute approximate surface area is 207 Å². The Morgan fingerprint density at radius 3 is 2.53 bits per heavy atom. The molecule has 2 amide bonds. The normalized spacial score (nSPS) is 18.2. The number of benzene rings is 2. The molecule has 11 heteroatoms. The topological polar surface area (TPSA) is 106 Å². The second kappa shape index (κ2) is 10.4. The summed E-state index contributed by atoms with van der Waals surface area (Å²) in [5, 5.41) is 2.08. The van der Waals surface area contributed by atoms with Crippen molar-refractivity contribution in [1.82, 2.24) is 15.2 Å². The van der Waals surface area contributed by atoms with Gasteiger partial charge in [0.05, 0.1) is 17.3 Å². The fourth-order valence-electron chi connectivity index (χ4n) is 3.33. The van der Waals surface area contributed by atoms with Gasteiger partial charge in [-0.05, 0) is 42.0 Å². The molecule has 1 fully saturated rings. The van der Waals surface area contributed by atoms with Crippen LogP contribution in [0.2, 0.25) is 0 Å². The van der Waals surface area contributed by atoms with Gasteiger partial charge in [-0.2, -0.15) is 0 Å². The Hall–Kier alpha value is -3.15. The second-order valence-electron chi connectivity index (χ2n) is 7.18. The predicted octanol–water partition coefficient (Wildman–Crippen LogP) is 3.65. The number of fused-ring (bicyclic) bond motifs is 1. The lowest BCUT2D eigenvalue weighted by molar-refractivity contribution is -0.150. The lowest BCUT2D eigenvalue weighted by Gasteiger charge is -2.46. The van der Waals surface area contributed by atoms with E-state index < -0.39 is 29.2 Å². The molecule has 1 aliphatic rings. The molecule has 174 valence electrons. The summed E-state index contributed by atoms with van der Waals surface area (Å²) in [6.07, 6.45) is 0.498. The highest BCUT2D eigenvalue weighted by atomic mass is 33.1. The van der Waals surface area contributed by atoms with E-state index in [1.807, 2.05) is 24.3 Å². The number of carbonyl (C=O) groups is 4. The third kappa shape index (κ3) is 4.72. The monoisotopic (exact) mass is 513 g/mol. The Morgan fingerprint density at radius 2 is 1.85 bits per heavy atom. The standard InChI is InChI=1S/C23H19N3O5S3/c1-13(12-27)18(22(30)31-2)26-20(29)17(25-19(28)14-8-4-3-5-9-14)21(26)33-34-23-24-15-10-6-7-11-16(15)32-23/h3-12,17,21H,1-2H3,(H,25,28). The quantitative estimate of drug-likeness (QED) is 0.160. The van der Waals surface area contributed by atoms with E-state index in [0.717, 1.165) is 14.6 Å². The number of aromatic nitrogens is 1. The molecule has 2 heterocycles. The van der Waals surface area contributed by atoms with Crippen molar-refractivity contribution in [3.05, 3.63) is 71.4 Å². The molecule has 0 radical (unpaired) electrons. The van der Waals surface area contributed by atoms with Crippen molar-refractivity contribution in [2.24, 2.45) is 0 Å². The van der Waals surface area contributed by atoms with Gasteiger partial charge in [-0.25, -0.2) is 9.78 Å². The number of allylic oxidation sites excluding steroid dienone is 1. The van der Waals surface area contributed by atoms with Gasteiger partial charge >= 0.3 is 5.97 Å². The third-order valence-corrected chi connectivity index (χ3v) is 9.04. The molecule has 1 N–H and O–H groups in total. The smallest absolute Gasteiger partial charge is 0.355 e. The van der Waals surface area contributed by atoms with E-state index in [9.17, 15) is 19.2 Å². The molecular weight excluding hydrogens is 494 g/mol. The average molecular weight is 514 g/mol. The lowest BCUT2D eigenvalue weighted by atomic mass is 10.0. The van der Waals surface area contributed by atoms with Crippen LogP contribution in [-0.2, 0) is 19.1 Å². The number of amides is 2. The van der Waals surface area contributed by atoms with Crippen molar-refractivity contribution < 1.29 is 23.9 Å². The maximum atomic E-state index is 13.1. The number of carbonyl (C=O) groups excluding carboxylic acids is 4. The molecule has 1 aliphatic heterocycles. The van der Waals surface area contributed by atoms with E-state index in [-0.39, 0.29) is 11.3 Å². The molecule has 8 nitrogen and oxygen atoms in total. The SMILES string of the molecule is COC(=O)C(=C(C)C=O)N1C(=O)C(NC(=O)c2ccccc2)C1SSc1nc2ccccc2s1. The largest absolute Gasteiger partial charge is 0.464 e. The zero-order chi connectivity index (χ0) is 24.2. The first kappa shape index (κ1) is 24.0. The number of ether oxygens (including phenoxy) is 1. The molecule has 34 heavy (non-hydrogen) atoms. The number of likely N-dealkylation sites (tertiary alicyclic amines) is 1. The van der Waals surface area contributed by atoms with Crippen molar-refractivity contribution in [3.63, 3.8) is 0 Å². The minimum Gasteiger partial charge on any atom is -0.464 e. The third-order valence-electron chi connectivity index (χ3n) is 5.03. The first-order chi connectivity index (χ1) is 16.4. The predicted molar refractivity (Wildman–Crippen MR) is 132 cm³/mol. The number of nitrogens with zero attached hydrogens (tertiary/aromatic N) is 2. The van der Waals surface area contributed by atoms with Gasteiger partial charge in [-0.1, -0.05) is 41.1 Å². The number of rotatable bonds is 8. The summed E-state index contributed by atoms with van der Waals surface area (Å²) >= 11 is 1.50. The number of esters is 1. The van der Waals surface area contributed by atoms with E-state index in [4.69, 9.17) is 4.74 Å². The maximum absolute atomic E-state index is 13.1. The highest BCUT2D eigenvalue weighted by Gasteiger charge is 2.52. The van der Waals surface area contributed by atoms with Gasteiger partial charge in [0.1, 0.15) is 23.4 Å². The number of aldehydes is 1. The Bertz CT molecular complexity index is 1260. The van der Waals surface area contributed by atoms with Crippen LogP contribution in [0.4, 0.5) is 0 Å². The molecular formula is C23H19N3O5S3. The van der Waals surface area contributed by atoms with Gasteiger partial charge in [0.2, 0.25) is 0 Å². The fourth-order valence-corrected chi connectivity index (χ4v) is 7.24. The van der Waals surface area contributed by atoms with Gasteiger partial charge in [-0.3, -0.25) is 19.3 Å². The number of hydrogen-bond donors (Lipinski definition) is 1. The Kier molecular flexibility index (Phi) is 7.35. The van der Waals surface area contributed by atoms with Gasteiger partial charge in [-0.15, -0.1) is 11.3 Å². The van der Waals surface area contributed by atoms with Crippen molar-refractivity contribution in [2.75, 3.05) is 7.11 Å². The van der Waals surface area contributed by atoms with Gasteiger partial charge in [0.15, 0.2) is 4.34 Å². The number of hydrogen-bond acceptors (Lipinski definition) is 9. The number of nitrogens with one attached hydrogen (secondary N) is 1. The summed E-state index contributed by atoms with van der Waals surface area (Å²) in [6.45, 7) is 1.44. The minimum atomic E-state index is -0.904. The van der Waals surface area contributed by atoms with Crippen LogP contribution >= 0.6 is 32.9 Å². The minimum absolute atomic E-state index is 0.0589. The van der Waals surface area contributed by atoms with Crippen LogP contribution in [0.3, 0.4) is 0 Å². The number of thiazole rings is 1. The summed E-state index contributed by atoms with van der Waals surface area (Å²) in [5.74, 6) is -1.72. The van der Waals surface area contributed by atoms with Crippen LogP contribution in [-0.4, -0.2) is 52.5 Å². The molecule has 1 saturated heterocycles. The number of β-lactam (4-membered cyclic amide) rings is 1. The summed E-state index contributed by atoms with van der Waals surface area (Å²) in [6, 6.07) is 15.3. The average Bonchev–Trinajstić information content (AvgIpc) is 3.29. The maximum Gasteiger partial charge on any atom is 0.355 e. The number of para-hydroxylation sites is 1. The summed E-state index contributed by atoms with van der Waals surface area (Å²) in [5.41, 5.74) is 1.18. The van der Waals surface area contributed by atoms with Crippen molar-refractivity contribution >= 4 is 67.2 Å². The molecule has 0 aliphatic carbocycles. The fraction of sp³-hybridized carbons (Fsp3) is 0.174. The first-order valence-electron chi connectivity index (χ1n) is 10.1. The van der Waals surface area contributed by atoms with Crippen LogP contribution < -0.4 is 5.32 Å². The van der Waals surface area contributed by atoms with Crippen molar-refractivity contribution in [3.8, 4) is 0 Å². The van der Waals surface area contributed by atoms with Gasteiger partial charge in [0.25, 0.3) is 11.8 Å². The second-order valence-corrected chi connectivity index (χ2v) is 10.8. The van der Waals surface area contributed by atoms with E-state index in [0.29, 0.717) is 11.8 Å². The highest BCUT2D eigenvalue weighted by Crippen LogP contribution is 2.45. The summed E-state index contributed by atoms with van der Waals surface area (Å²) < 4.78 is 6.59. The number of methoxy groups -OCH3 is 1. The molecule has 2 atom stereocenters. The van der Waals surface area contributed by atoms with Crippen LogP contribution in [0.1, 0.15) is 17.3 Å². The molecule has 2 aromatic carbocycles. The van der Waals surface area contributed by atoms with Crippen LogP contribution in [0.5, 0.6) is 0 Å². The van der Waals surface area contributed by atoms with E-state index in [2.05, 4.69) is 10.3 Å². The lowest BCUT2D eigenvalue weighted by Crippen LogP contribution is -2.69. The van der Waals surface area contributed by atoms with E-state index >= 15 is 0 Å². The first-order valence-corrected chi connectivity index (χ1v) is 13.1. The molecule has 1 aromatic heterocycles. The Balaban J connectivity index is 1.61. The molecule has 0 saturated carbocycles. The summed E-state index contributed by atoms with van der Waals surface area (Å²) in [7, 11) is 3.78. The van der Waals surface area contributed by atoms with E-state index in [1.165, 1.54) is 51.9 Å². The molecule has 4 rings (SSSR count). The van der Waals surface area contributed by atoms with Crippen molar-refractivity contribution in [2.45, 2.75) is 22.7 Å². The van der Waals surface area contributed by atoms with Gasteiger partial charge < -0.3 is 10.1 Å². The molecule has 2 unspecified atom stereocenters.